The molecule has 1 aromatic carbocycles. The number of ether oxygens (including phenoxy) is 4. The van der Waals surface area contributed by atoms with Crippen LogP contribution in [0, 0.1) is 12.3 Å². The van der Waals surface area contributed by atoms with Crippen LogP contribution in [0.4, 0.5) is 0 Å². The number of hydrogen-bond donors (Lipinski definition) is 0. The molecule has 4 aromatic rings. The van der Waals surface area contributed by atoms with Crippen molar-refractivity contribution in [1.82, 2.24) is 29.3 Å². The zero-order chi connectivity index (χ0) is 28.2. The number of benzene rings is 1. The Labute approximate surface area is 232 Å². The van der Waals surface area contributed by atoms with Gasteiger partial charge in [-0.3, -0.25) is 0 Å². The number of hydrogen-bond acceptors (Lipinski definition) is 8. The Balaban J connectivity index is 1.29. The van der Waals surface area contributed by atoms with E-state index < -0.39 is 5.97 Å². The van der Waals surface area contributed by atoms with Crippen molar-refractivity contribution in [3.05, 3.63) is 41.9 Å². The Morgan fingerprint density at radius 2 is 2.08 bits per heavy atom. The lowest BCUT2D eigenvalue weighted by molar-refractivity contribution is -0.0367. The van der Waals surface area contributed by atoms with E-state index in [9.17, 15) is 4.79 Å². The van der Waals surface area contributed by atoms with Crippen LogP contribution in [0.15, 0.2) is 30.5 Å². The summed E-state index contributed by atoms with van der Waals surface area (Å²) in [7, 11) is 3.56. The van der Waals surface area contributed by atoms with Gasteiger partial charge in [0.2, 0.25) is 11.8 Å². The number of esters is 1. The van der Waals surface area contributed by atoms with Crippen LogP contribution < -0.4 is 9.47 Å². The maximum Gasteiger partial charge on any atom is 0.358 e. The number of nitrogens with zero attached hydrogens (tertiary/aromatic N) is 6. The van der Waals surface area contributed by atoms with Crippen LogP contribution >= 0.6 is 0 Å². The Morgan fingerprint density at radius 3 is 2.83 bits per heavy atom. The van der Waals surface area contributed by atoms with Crippen LogP contribution in [0.3, 0.4) is 0 Å². The molecule has 2 atom stereocenters. The second kappa shape index (κ2) is 11.8. The number of carbonyl (C=O) groups is 1. The van der Waals surface area contributed by atoms with Crippen molar-refractivity contribution in [2.75, 3.05) is 19.8 Å². The minimum absolute atomic E-state index is 0.104. The molecule has 0 radical (unpaired) electrons. The highest BCUT2D eigenvalue weighted by atomic mass is 16.5. The first kappa shape index (κ1) is 27.3. The third-order valence-electron chi connectivity index (χ3n) is 6.88. The normalized spacial score (nSPS) is 16.0. The van der Waals surface area contributed by atoms with Crippen molar-refractivity contribution < 1.29 is 23.7 Å². The summed E-state index contributed by atoms with van der Waals surface area (Å²) in [4.78, 5) is 11.9. The molecule has 1 aliphatic heterocycles. The van der Waals surface area contributed by atoms with Crippen molar-refractivity contribution in [3.63, 3.8) is 0 Å². The predicted molar refractivity (Wildman–Crippen MR) is 148 cm³/mol. The van der Waals surface area contributed by atoms with E-state index in [1.165, 1.54) is 4.68 Å². The number of aryl methyl sites for hydroxylation is 2. The molecule has 1 aliphatic rings. The maximum absolute atomic E-state index is 11.9. The highest BCUT2D eigenvalue weighted by molar-refractivity contribution is 5.90. The van der Waals surface area contributed by atoms with Crippen molar-refractivity contribution in [3.8, 4) is 35.2 Å². The largest absolute Gasteiger partial charge is 0.478 e. The van der Waals surface area contributed by atoms with Gasteiger partial charge >= 0.3 is 5.97 Å². The molecular weight excluding hydrogens is 512 g/mol. The molecule has 3 aromatic heterocycles. The van der Waals surface area contributed by atoms with Crippen molar-refractivity contribution in [1.29, 1.82) is 0 Å². The molecule has 11 nitrogen and oxygen atoms in total. The van der Waals surface area contributed by atoms with Crippen LogP contribution in [-0.2, 0) is 23.6 Å². The third kappa shape index (κ3) is 5.53. The Morgan fingerprint density at radius 1 is 1.23 bits per heavy atom. The molecule has 0 bridgehead atoms. The van der Waals surface area contributed by atoms with E-state index in [1.807, 2.05) is 36.9 Å². The number of rotatable bonds is 10. The molecule has 4 heterocycles. The van der Waals surface area contributed by atoms with Crippen LogP contribution in [0.2, 0.25) is 0 Å². The highest BCUT2D eigenvalue weighted by Gasteiger charge is 2.22. The summed E-state index contributed by atoms with van der Waals surface area (Å²) >= 11 is 0. The quantitative estimate of drug-likeness (QED) is 0.215. The molecule has 0 saturated carbocycles. The van der Waals surface area contributed by atoms with Gasteiger partial charge < -0.3 is 18.9 Å². The van der Waals surface area contributed by atoms with E-state index in [-0.39, 0.29) is 24.6 Å². The van der Waals surface area contributed by atoms with E-state index in [0.29, 0.717) is 30.5 Å². The maximum atomic E-state index is 11.9. The summed E-state index contributed by atoms with van der Waals surface area (Å²) in [5, 5.41) is 14.2. The summed E-state index contributed by atoms with van der Waals surface area (Å²) in [6.45, 7) is 5.11. The monoisotopic (exact) mass is 546 g/mol. The van der Waals surface area contributed by atoms with E-state index in [0.717, 1.165) is 47.9 Å². The molecular formula is C29H34N6O5. The van der Waals surface area contributed by atoms with Gasteiger partial charge in [-0.2, -0.15) is 15.3 Å². The first-order valence-corrected chi connectivity index (χ1v) is 13.5. The Kier molecular flexibility index (Phi) is 8.07. The standard InChI is InChI=1S/C29H34N6O5/c1-6-23-21-16-20(11-12-25(21)35(32-23)26-10-8-9-14-38-26)22-18-30-34(5)28(22)40-19(3)13-15-39-27-17-24(31-33(27)4)29(36)37-7-2/h1,11-12,16-19,26H,7-10,13-15H2,2-5H3. The highest BCUT2D eigenvalue weighted by Crippen LogP contribution is 2.35. The molecule has 1 fully saturated rings. The third-order valence-corrected chi connectivity index (χ3v) is 6.88. The topological polar surface area (TPSA) is 107 Å². The van der Waals surface area contributed by atoms with E-state index in [4.69, 9.17) is 25.4 Å². The molecule has 0 N–H and O–H groups in total. The van der Waals surface area contributed by atoms with Gasteiger partial charge in [-0.25, -0.2) is 18.8 Å². The van der Waals surface area contributed by atoms with E-state index in [2.05, 4.69) is 21.2 Å². The Bertz CT molecular complexity index is 1540. The van der Waals surface area contributed by atoms with Gasteiger partial charge in [0.15, 0.2) is 11.9 Å². The molecule has 11 heteroatoms. The number of aromatic nitrogens is 6. The summed E-state index contributed by atoms with van der Waals surface area (Å²) in [5.74, 6) is 3.37. The van der Waals surface area contributed by atoms with Gasteiger partial charge in [-0.15, -0.1) is 6.42 Å². The molecule has 0 aliphatic carbocycles. The van der Waals surface area contributed by atoms with Crippen molar-refractivity contribution in [2.45, 2.75) is 51.9 Å². The summed E-state index contributed by atoms with van der Waals surface area (Å²) < 4.78 is 28.3. The fraction of sp³-hybridized carbons (Fsp3) is 0.448. The minimum atomic E-state index is -0.476. The lowest BCUT2D eigenvalue weighted by Crippen LogP contribution is -2.19. The number of terminal acetylenes is 1. The first-order chi connectivity index (χ1) is 19.4. The molecule has 5 rings (SSSR count). The average molecular weight is 547 g/mol. The van der Waals surface area contributed by atoms with Gasteiger partial charge in [0.05, 0.1) is 30.5 Å². The smallest absolute Gasteiger partial charge is 0.358 e. The van der Waals surface area contributed by atoms with Crippen molar-refractivity contribution >= 4 is 16.9 Å². The minimum Gasteiger partial charge on any atom is -0.478 e. The van der Waals surface area contributed by atoms with Crippen LogP contribution in [-0.4, -0.2) is 61.2 Å². The zero-order valence-electron chi connectivity index (χ0n) is 23.3. The van der Waals surface area contributed by atoms with E-state index >= 15 is 0 Å². The fourth-order valence-electron chi connectivity index (χ4n) is 4.78. The zero-order valence-corrected chi connectivity index (χ0v) is 23.3. The van der Waals surface area contributed by atoms with Crippen LogP contribution in [0.25, 0.3) is 22.0 Å². The van der Waals surface area contributed by atoms with Crippen LogP contribution in [0.1, 0.15) is 61.9 Å². The Hall–Kier alpha value is -4.30. The number of carbonyl (C=O) groups excluding carboxylic acids is 1. The summed E-state index contributed by atoms with van der Waals surface area (Å²) in [6.07, 6.45) is 11.0. The molecule has 210 valence electrons. The van der Waals surface area contributed by atoms with Crippen molar-refractivity contribution in [2.24, 2.45) is 14.1 Å². The lowest BCUT2D eigenvalue weighted by atomic mass is 10.1. The van der Waals surface area contributed by atoms with Crippen LogP contribution in [0.5, 0.6) is 11.8 Å². The fourth-order valence-corrected chi connectivity index (χ4v) is 4.78. The first-order valence-electron chi connectivity index (χ1n) is 13.5. The van der Waals surface area contributed by atoms with Gasteiger partial charge in [0, 0.05) is 38.6 Å². The lowest BCUT2D eigenvalue weighted by Gasteiger charge is -2.23. The number of fused-ring (bicyclic) bond motifs is 1. The average Bonchev–Trinajstić information content (AvgIpc) is 3.64. The molecule has 40 heavy (non-hydrogen) atoms. The summed E-state index contributed by atoms with van der Waals surface area (Å²) in [5.41, 5.74) is 3.53. The molecule has 0 amide bonds. The van der Waals surface area contributed by atoms with Gasteiger partial charge in [-0.05, 0) is 56.7 Å². The summed E-state index contributed by atoms with van der Waals surface area (Å²) in [6, 6.07) is 7.68. The SMILES string of the molecule is C#Cc1nn(C2CCCCO2)c2ccc(-c3cnn(C)c3OC(C)CCOc3cc(C(=O)OCC)nn3C)cc12. The predicted octanol–water partition coefficient (Wildman–Crippen LogP) is 4.26. The van der Waals surface area contributed by atoms with Gasteiger partial charge in [-0.1, -0.05) is 6.07 Å². The second-order valence-electron chi connectivity index (χ2n) is 9.76. The van der Waals surface area contributed by atoms with Gasteiger partial charge in [0.25, 0.3) is 0 Å². The molecule has 1 saturated heterocycles. The second-order valence-corrected chi connectivity index (χ2v) is 9.76. The molecule has 0 spiro atoms. The van der Waals surface area contributed by atoms with E-state index in [1.54, 1.807) is 30.9 Å². The van der Waals surface area contributed by atoms with Gasteiger partial charge in [0.1, 0.15) is 11.8 Å². The molecule has 2 unspecified atom stereocenters.